The molecular formula is C17H24FNO2. The van der Waals surface area contributed by atoms with Gasteiger partial charge in [-0.05, 0) is 56.2 Å². The average molecular weight is 293 g/mol. The van der Waals surface area contributed by atoms with Gasteiger partial charge in [-0.25, -0.2) is 4.39 Å². The number of rotatable bonds is 2. The van der Waals surface area contributed by atoms with Gasteiger partial charge in [0.15, 0.2) is 0 Å². The van der Waals surface area contributed by atoms with Gasteiger partial charge in [0.25, 0.3) is 0 Å². The standard InChI is InChI=1S/C17H24FNO2/c1-16(19,13-3-2-4-15(18)11-13)14-5-8-21-17(12-14)6-9-20-10-7-17/h2-4,11,14H,5-10,12,19H2,1H3. The van der Waals surface area contributed by atoms with Crippen LogP contribution in [0.3, 0.4) is 0 Å². The summed E-state index contributed by atoms with van der Waals surface area (Å²) in [5.41, 5.74) is 6.87. The van der Waals surface area contributed by atoms with Crippen LogP contribution in [0.15, 0.2) is 24.3 Å². The van der Waals surface area contributed by atoms with Crippen LogP contribution in [0.1, 0.15) is 38.2 Å². The van der Waals surface area contributed by atoms with Crippen LogP contribution in [-0.2, 0) is 15.0 Å². The van der Waals surface area contributed by atoms with Gasteiger partial charge in [-0.1, -0.05) is 12.1 Å². The molecule has 2 unspecified atom stereocenters. The van der Waals surface area contributed by atoms with Crippen LogP contribution in [-0.4, -0.2) is 25.4 Å². The zero-order valence-electron chi connectivity index (χ0n) is 12.6. The van der Waals surface area contributed by atoms with E-state index in [4.69, 9.17) is 15.2 Å². The predicted molar refractivity (Wildman–Crippen MR) is 79.4 cm³/mol. The second kappa shape index (κ2) is 5.67. The molecule has 2 atom stereocenters. The van der Waals surface area contributed by atoms with Crippen LogP contribution in [0.4, 0.5) is 4.39 Å². The van der Waals surface area contributed by atoms with Gasteiger partial charge in [0.05, 0.1) is 5.60 Å². The Morgan fingerprint density at radius 2 is 2.05 bits per heavy atom. The first-order valence-electron chi connectivity index (χ1n) is 7.79. The molecule has 116 valence electrons. The molecule has 21 heavy (non-hydrogen) atoms. The van der Waals surface area contributed by atoms with E-state index in [1.54, 1.807) is 12.1 Å². The van der Waals surface area contributed by atoms with Crippen LogP contribution in [0.5, 0.6) is 0 Å². The summed E-state index contributed by atoms with van der Waals surface area (Å²) in [5, 5.41) is 0. The Bertz CT molecular complexity index is 492. The second-order valence-corrected chi connectivity index (χ2v) is 6.63. The minimum absolute atomic E-state index is 0.0882. The van der Waals surface area contributed by atoms with E-state index in [0.717, 1.165) is 51.1 Å². The maximum absolute atomic E-state index is 13.5. The Kier molecular flexibility index (Phi) is 4.04. The zero-order valence-corrected chi connectivity index (χ0v) is 12.6. The highest BCUT2D eigenvalue weighted by Crippen LogP contribution is 2.43. The Labute approximate surface area is 125 Å². The lowest BCUT2D eigenvalue weighted by molar-refractivity contribution is -0.154. The van der Waals surface area contributed by atoms with Gasteiger partial charge in [-0.2, -0.15) is 0 Å². The summed E-state index contributed by atoms with van der Waals surface area (Å²) in [7, 11) is 0. The summed E-state index contributed by atoms with van der Waals surface area (Å²) in [6.45, 7) is 4.26. The molecule has 0 bridgehead atoms. The van der Waals surface area contributed by atoms with Crippen molar-refractivity contribution in [2.75, 3.05) is 19.8 Å². The lowest BCUT2D eigenvalue weighted by Crippen LogP contribution is -2.51. The second-order valence-electron chi connectivity index (χ2n) is 6.63. The van der Waals surface area contributed by atoms with Gasteiger partial charge in [-0.15, -0.1) is 0 Å². The number of nitrogens with two attached hydrogens (primary N) is 1. The molecular weight excluding hydrogens is 269 g/mol. The molecule has 4 heteroatoms. The van der Waals surface area contributed by atoms with Gasteiger partial charge >= 0.3 is 0 Å². The van der Waals surface area contributed by atoms with E-state index in [9.17, 15) is 4.39 Å². The quantitative estimate of drug-likeness (QED) is 0.911. The van der Waals surface area contributed by atoms with E-state index >= 15 is 0 Å². The summed E-state index contributed by atoms with van der Waals surface area (Å²) in [4.78, 5) is 0. The first-order valence-corrected chi connectivity index (χ1v) is 7.79. The maximum atomic E-state index is 13.5. The fraction of sp³-hybridized carbons (Fsp3) is 0.647. The Balaban J connectivity index is 1.81. The highest BCUT2D eigenvalue weighted by atomic mass is 19.1. The highest BCUT2D eigenvalue weighted by Gasteiger charge is 2.44. The molecule has 3 rings (SSSR count). The van der Waals surface area contributed by atoms with Gasteiger partial charge in [0.1, 0.15) is 5.82 Å². The normalized spacial score (nSPS) is 28.2. The molecule has 0 radical (unpaired) electrons. The van der Waals surface area contributed by atoms with Crippen LogP contribution in [0.2, 0.25) is 0 Å². The molecule has 0 amide bonds. The van der Waals surface area contributed by atoms with Crippen LogP contribution in [0, 0.1) is 11.7 Å². The molecule has 3 nitrogen and oxygen atoms in total. The third kappa shape index (κ3) is 2.98. The average Bonchev–Trinajstić information content (AvgIpc) is 2.48. The summed E-state index contributed by atoms with van der Waals surface area (Å²) in [6, 6.07) is 6.68. The van der Waals surface area contributed by atoms with Gasteiger partial charge in [0.2, 0.25) is 0 Å². The van der Waals surface area contributed by atoms with E-state index in [1.165, 1.54) is 6.07 Å². The molecule has 2 saturated heterocycles. The minimum Gasteiger partial charge on any atom is -0.381 e. The van der Waals surface area contributed by atoms with Crippen molar-refractivity contribution in [2.45, 2.75) is 43.7 Å². The van der Waals surface area contributed by atoms with Crippen molar-refractivity contribution in [3.63, 3.8) is 0 Å². The van der Waals surface area contributed by atoms with E-state index in [0.29, 0.717) is 5.92 Å². The molecule has 2 aliphatic heterocycles. The number of hydrogen-bond donors (Lipinski definition) is 1. The highest BCUT2D eigenvalue weighted by molar-refractivity contribution is 5.25. The molecule has 2 heterocycles. The Hall–Kier alpha value is -0.970. The van der Waals surface area contributed by atoms with E-state index in [-0.39, 0.29) is 11.4 Å². The van der Waals surface area contributed by atoms with Gasteiger partial charge < -0.3 is 15.2 Å². The zero-order chi connectivity index (χ0) is 14.9. The topological polar surface area (TPSA) is 44.5 Å². The number of ether oxygens (including phenoxy) is 2. The third-order valence-corrected chi connectivity index (χ3v) is 5.19. The molecule has 0 aromatic heterocycles. The predicted octanol–water partition coefficient (Wildman–Crippen LogP) is 2.98. The monoisotopic (exact) mass is 293 g/mol. The van der Waals surface area contributed by atoms with Crippen molar-refractivity contribution in [1.82, 2.24) is 0 Å². The number of halogens is 1. The molecule has 1 aromatic carbocycles. The summed E-state index contributed by atoms with van der Waals surface area (Å²) < 4.78 is 25.1. The first kappa shape index (κ1) is 14.9. The fourth-order valence-corrected chi connectivity index (χ4v) is 3.69. The van der Waals surface area contributed by atoms with Crippen molar-refractivity contribution in [3.8, 4) is 0 Å². The molecule has 1 spiro atoms. The fourth-order valence-electron chi connectivity index (χ4n) is 3.69. The Morgan fingerprint density at radius 3 is 2.76 bits per heavy atom. The summed E-state index contributed by atoms with van der Waals surface area (Å²) in [6.07, 6.45) is 3.72. The third-order valence-electron chi connectivity index (χ3n) is 5.19. The van der Waals surface area contributed by atoms with Crippen molar-refractivity contribution in [3.05, 3.63) is 35.6 Å². The molecule has 0 saturated carbocycles. The molecule has 1 aromatic rings. The van der Waals surface area contributed by atoms with E-state index in [2.05, 4.69) is 0 Å². The van der Waals surface area contributed by atoms with Gasteiger partial charge in [0, 0.05) is 25.4 Å². The van der Waals surface area contributed by atoms with Crippen molar-refractivity contribution in [2.24, 2.45) is 11.7 Å². The van der Waals surface area contributed by atoms with Crippen molar-refractivity contribution in [1.29, 1.82) is 0 Å². The number of benzene rings is 1. The van der Waals surface area contributed by atoms with Crippen LogP contribution < -0.4 is 5.73 Å². The SMILES string of the molecule is CC(N)(c1cccc(F)c1)C1CCOC2(CCOCC2)C1. The Morgan fingerprint density at radius 1 is 1.29 bits per heavy atom. The summed E-state index contributed by atoms with van der Waals surface area (Å²) >= 11 is 0. The van der Waals surface area contributed by atoms with Crippen LogP contribution in [0.25, 0.3) is 0 Å². The van der Waals surface area contributed by atoms with Crippen LogP contribution >= 0.6 is 0 Å². The summed E-state index contributed by atoms with van der Waals surface area (Å²) in [5.74, 6) is 0.0724. The molecule has 2 fully saturated rings. The largest absolute Gasteiger partial charge is 0.381 e. The van der Waals surface area contributed by atoms with E-state index in [1.807, 2.05) is 13.0 Å². The lowest BCUT2D eigenvalue weighted by atomic mass is 9.70. The van der Waals surface area contributed by atoms with Gasteiger partial charge in [-0.3, -0.25) is 0 Å². The smallest absolute Gasteiger partial charge is 0.123 e. The first-order chi connectivity index (χ1) is 10.0. The molecule has 2 N–H and O–H groups in total. The number of hydrogen-bond acceptors (Lipinski definition) is 3. The lowest BCUT2D eigenvalue weighted by Gasteiger charge is -2.47. The van der Waals surface area contributed by atoms with Crippen molar-refractivity contribution < 1.29 is 13.9 Å². The maximum Gasteiger partial charge on any atom is 0.123 e. The molecule has 2 aliphatic rings. The molecule has 0 aliphatic carbocycles. The van der Waals surface area contributed by atoms with Crippen molar-refractivity contribution >= 4 is 0 Å². The minimum atomic E-state index is -0.531. The van der Waals surface area contributed by atoms with E-state index < -0.39 is 5.54 Å².